The molecule has 0 fully saturated rings. The Kier molecular flexibility index (Phi) is 4.33. The van der Waals surface area contributed by atoms with Crippen LogP contribution in [0, 0.1) is 6.92 Å². The van der Waals surface area contributed by atoms with Crippen LogP contribution in [0.2, 0.25) is 0 Å². The number of anilines is 1. The van der Waals surface area contributed by atoms with E-state index in [1.165, 1.54) is 0 Å². The fourth-order valence-corrected chi connectivity index (χ4v) is 2.90. The summed E-state index contributed by atoms with van der Waals surface area (Å²) in [5.41, 5.74) is 0. The van der Waals surface area contributed by atoms with Gasteiger partial charge in [-0.1, -0.05) is 6.92 Å². The Morgan fingerprint density at radius 2 is 2.29 bits per heavy atom. The van der Waals surface area contributed by atoms with Gasteiger partial charge in [-0.25, -0.2) is 15.0 Å². The summed E-state index contributed by atoms with van der Waals surface area (Å²) in [6.07, 6.45) is 2.88. The monoisotopic (exact) mass is 266 g/mol. The molecule has 0 radical (unpaired) electrons. The molecule has 0 amide bonds. The van der Waals surface area contributed by atoms with Crippen molar-refractivity contribution in [3.63, 3.8) is 0 Å². The minimum absolute atomic E-state index is 0.783. The number of thiazole rings is 1. The van der Waals surface area contributed by atoms with Crippen molar-refractivity contribution in [2.24, 2.45) is 0 Å². The molecule has 2 heterocycles. The van der Waals surface area contributed by atoms with Gasteiger partial charge in [0, 0.05) is 24.2 Å². The van der Waals surface area contributed by atoms with Gasteiger partial charge in [0.15, 0.2) is 4.34 Å². The van der Waals surface area contributed by atoms with Gasteiger partial charge in [0.05, 0.1) is 0 Å². The van der Waals surface area contributed by atoms with Crippen LogP contribution in [0.5, 0.6) is 0 Å². The summed E-state index contributed by atoms with van der Waals surface area (Å²) in [7, 11) is 0. The fraction of sp³-hybridized carbons (Fsp3) is 0.364. The minimum atomic E-state index is 0.783. The van der Waals surface area contributed by atoms with Crippen LogP contribution >= 0.6 is 23.1 Å². The highest BCUT2D eigenvalue weighted by atomic mass is 32.2. The Balaban J connectivity index is 2.13. The number of hydrogen-bond acceptors (Lipinski definition) is 6. The molecule has 90 valence electrons. The zero-order chi connectivity index (χ0) is 12.1. The highest BCUT2D eigenvalue weighted by Gasteiger charge is 2.05. The van der Waals surface area contributed by atoms with Crippen molar-refractivity contribution in [3.8, 4) is 0 Å². The van der Waals surface area contributed by atoms with Gasteiger partial charge in [0.25, 0.3) is 0 Å². The van der Waals surface area contributed by atoms with Crippen LogP contribution in [0.1, 0.15) is 19.2 Å². The first-order chi connectivity index (χ1) is 8.28. The zero-order valence-electron chi connectivity index (χ0n) is 9.80. The Morgan fingerprint density at radius 3 is 3.00 bits per heavy atom. The second-order valence-electron chi connectivity index (χ2n) is 3.47. The largest absolute Gasteiger partial charge is 0.370 e. The summed E-state index contributed by atoms with van der Waals surface area (Å²) in [5.74, 6) is 1.67. The molecule has 0 aliphatic rings. The summed E-state index contributed by atoms with van der Waals surface area (Å²) in [4.78, 5) is 13.0. The van der Waals surface area contributed by atoms with E-state index in [4.69, 9.17) is 0 Å². The topological polar surface area (TPSA) is 50.7 Å². The third-order valence-corrected chi connectivity index (χ3v) is 3.77. The van der Waals surface area contributed by atoms with Crippen molar-refractivity contribution in [2.75, 3.05) is 11.9 Å². The average molecular weight is 266 g/mol. The van der Waals surface area contributed by atoms with Gasteiger partial charge in [0.1, 0.15) is 16.7 Å². The zero-order valence-corrected chi connectivity index (χ0v) is 11.4. The standard InChI is InChI=1S/C11H14N4S2/c1-3-4-12-9-7-10(15-8(2)14-9)17-11-13-5-6-16-11/h5-7H,3-4H2,1-2H3,(H,12,14,15). The first-order valence-corrected chi connectivity index (χ1v) is 7.14. The molecule has 2 aromatic rings. The molecule has 0 spiro atoms. The van der Waals surface area contributed by atoms with Gasteiger partial charge in [-0.15, -0.1) is 11.3 Å². The summed E-state index contributed by atoms with van der Waals surface area (Å²) in [5, 5.41) is 6.17. The normalized spacial score (nSPS) is 10.5. The van der Waals surface area contributed by atoms with Crippen molar-refractivity contribution in [1.29, 1.82) is 0 Å². The van der Waals surface area contributed by atoms with E-state index in [-0.39, 0.29) is 0 Å². The molecule has 4 nitrogen and oxygen atoms in total. The lowest BCUT2D eigenvalue weighted by Gasteiger charge is -2.06. The van der Waals surface area contributed by atoms with Crippen LogP contribution < -0.4 is 5.32 Å². The van der Waals surface area contributed by atoms with Crippen LogP contribution in [0.25, 0.3) is 0 Å². The third-order valence-electron chi connectivity index (χ3n) is 1.97. The molecule has 1 N–H and O–H groups in total. The summed E-state index contributed by atoms with van der Waals surface area (Å²) in [6, 6.07) is 1.97. The van der Waals surface area contributed by atoms with E-state index in [2.05, 4.69) is 27.2 Å². The average Bonchev–Trinajstić information content (AvgIpc) is 2.78. The van der Waals surface area contributed by atoms with E-state index in [1.54, 1.807) is 29.3 Å². The molecule has 0 saturated carbocycles. The second-order valence-corrected chi connectivity index (χ2v) is 5.63. The SMILES string of the molecule is CCCNc1cc(Sc2nccs2)nc(C)n1. The van der Waals surface area contributed by atoms with Crippen LogP contribution in [0.4, 0.5) is 5.82 Å². The lowest BCUT2D eigenvalue weighted by atomic mass is 10.4. The number of rotatable bonds is 5. The molecule has 2 rings (SSSR count). The van der Waals surface area contributed by atoms with Gasteiger partial charge in [-0.3, -0.25) is 0 Å². The van der Waals surface area contributed by atoms with E-state index in [9.17, 15) is 0 Å². The molecule has 17 heavy (non-hydrogen) atoms. The number of nitrogens with one attached hydrogen (secondary N) is 1. The maximum Gasteiger partial charge on any atom is 0.156 e. The summed E-state index contributed by atoms with van der Waals surface area (Å²) < 4.78 is 1.00. The third kappa shape index (κ3) is 3.67. The van der Waals surface area contributed by atoms with E-state index in [0.29, 0.717) is 0 Å². The molecule has 0 atom stereocenters. The highest BCUT2D eigenvalue weighted by molar-refractivity contribution is 8.01. The molecule has 0 aromatic carbocycles. The van der Waals surface area contributed by atoms with Crippen molar-refractivity contribution < 1.29 is 0 Å². The van der Waals surface area contributed by atoms with Gasteiger partial charge in [0.2, 0.25) is 0 Å². The maximum atomic E-state index is 4.40. The molecular formula is C11H14N4S2. The van der Waals surface area contributed by atoms with Crippen LogP contribution in [-0.4, -0.2) is 21.5 Å². The van der Waals surface area contributed by atoms with E-state index in [1.807, 2.05) is 18.4 Å². The first kappa shape index (κ1) is 12.3. The lowest BCUT2D eigenvalue weighted by molar-refractivity contribution is 0.927. The predicted octanol–water partition coefficient (Wildman–Crippen LogP) is 3.21. The van der Waals surface area contributed by atoms with Crippen LogP contribution in [-0.2, 0) is 0 Å². The Morgan fingerprint density at radius 1 is 1.41 bits per heavy atom. The van der Waals surface area contributed by atoms with Crippen molar-refractivity contribution in [1.82, 2.24) is 15.0 Å². The van der Waals surface area contributed by atoms with Crippen molar-refractivity contribution in [3.05, 3.63) is 23.5 Å². The maximum absolute atomic E-state index is 4.40. The van der Waals surface area contributed by atoms with Crippen LogP contribution in [0.3, 0.4) is 0 Å². The van der Waals surface area contributed by atoms with Gasteiger partial charge in [-0.2, -0.15) is 0 Å². The Labute approximate surface area is 109 Å². The first-order valence-electron chi connectivity index (χ1n) is 5.45. The Hall–Kier alpha value is -1.14. The van der Waals surface area contributed by atoms with Gasteiger partial charge < -0.3 is 5.32 Å². The molecule has 0 aliphatic carbocycles. The van der Waals surface area contributed by atoms with E-state index < -0.39 is 0 Å². The van der Waals surface area contributed by atoms with E-state index in [0.717, 1.165) is 34.0 Å². The van der Waals surface area contributed by atoms with E-state index >= 15 is 0 Å². The Bertz CT molecular complexity index is 470. The summed E-state index contributed by atoms with van der Waals surface area (Å²) in [6.45, 7) is 4.97. The number of hydrogen-bond donors (Lipinski definition) is 1. The van der Waals surface area contributed by atoms with Gasteiger partial charge in [-0.05, 0) is 25.1 Å². The molecule has 0 unspecified atom stereocenters. The minimum Gasteiger partial charge on any atom is -0.370 e. The number of nitrogens with zero attached hydrogens (tertiary/aromatic N) is 3. The number of aryl methyl sites for hydroxylation is 1. The van der Waals surface area contributed by atoms with Crippen molar-refractivity contribution in [2.45, 2.75) is 29.6 Å². The van der Waals surface area contributed by atoms with Crippen LogP contribution in [0.15, 0.2) is 27.0 Å². The summed E-state index contributed by atoms with van der Waals surface area (Å²) >= 11 is 3.19. The molecule has 0 bridgehead atoms. The quantitative estimate of drug-likeness (QED) is 0.842. The number of aromatic nitrogens is 3. The molecule has 2 aromatic heterocycles. The molecule has 0 aliphatic heterocycles. The van der Waals surface area contributed by atoms with Gasteiger partial charge >= 0.3 is 0 Å². The smallest absolute Gasteiger partial charge is 0.156 e. The molecular weight excluding hydrogens is 252 g/mol. The lowest BCUT2D eigenvalue weighted by Crippen LogP contribution is -2.04. The second kappa shape index (κ2) is 5.97. The van der Waals surface area contributed by atoms with Crippen molar-refractivity contribution >= 4 is 28.9 Å². The molecule has 0 saturated heterocycles. The predicted molar refractivity (Wildman–Crippen MR) is 71.8 cm³/mol. The molecule has 6 heteroatoms. The fourth-order valence-electron chi connectivity index (χ4n) is 1.29. The highest BCUT2D eigenvalue weighted by Crippen LogP contribution is 2.28.